The monoisotopic (exact) mass is 571 g/mol. The van der Waals surface area contributed by atoms with E-state index >= 15 is 0 Å². The molecule has 9 heteroatoms. The predicted molar refractivity (Wildman–Crippen MR) is 158 cm³/mol. The van der Waals surface area contributed by atoms with E-state index in [9.17, 15) is 19.2 Å². The summed E-state index contributed by atoms with van der Waals surface area (Å²) in [5.74, 6) is -1.64. The number of esters is 1. The number of nitrogens with one attached hydrogen (secondary N) is 1. The van der Waals surface area contributed by atoms with Gasteiger partial charge in [-0.15, -0.1) is 0 Å². The third-order valence-electron chi connectivity index (χ3n) is 7.74. The number of hydrogen-bond donors (Lipinski definition) is 1. The van der Waals surface area contributed by atoms with Gasteiger partial charge < -0.3 is 24.6 Å². The van der Waals surface area contributed by atoms with Crippen molar-refractivity contribution in [2.75, 3.05) is 18.4 Å². The highest BCUT2D eigenvalue weighted by Crippen LogP contribution is 2.38. The number of carbonyl (C=O) groups is 4. The van der Waals surface area contributed by atoms with E-state index in [1.54, 1.807) is 30.6 Å². The molecule has 0 bridgehead atoms. The van der Waals surface area contributed by atoms with E-state index in [-0.39, 0.29) is 43.8 Å². The molecule has 2 heterocycles. The predicted octanol–water partition coefficient (Wildman–Crippen LogP) is 5.14. The number of fused-ring (bicyclic) bond motifs is 2. The van der Waals surface area contributed by atoms with Crippen molar-refractivity contribution in [3.8, 4) is 0 Å². The molecule has 220 valence electrons. The van der Waals surface area contributed by atoms with Gasteiger partial charge in [0.1, 0.15) is 12.2 Å². The molecule has 3 atom stereocenters. The summed E-state index contributed by atoms with van der Waals surface area (Å²) in [5.41, 5.74) is 0.833. The zero-order chi connectivity index (χ0) is 29.9. The first-order chi connectivity index (χ1) is 20.1. The fourth-order valence-corrected chi connectivity index (χ4v) is 5.86. The smallest absolute Gasteiger partial charge is 0.410 e. The maximum atomic E-state index is 13.8. The van der Waals surface area contributed by atoms with Gasteiger partial charge in [0.15, 0.2) is 0 Å². The van der Waals surface area contributed by atoms with Crippen molar-refractivity contribution in [3.05, 3.63) is 78.4 Å². The maximum Gasteiger partial charge on any atom is 0.410 e. The van der Waals surface area contributed by atoms with Gasteiger partial charge in [-0.3, -0.25) is 14.4 Å². The lowest BCUT2D eigenvalue weighted by Gasteiger charge is -2.30. The third-order valence-corrected chi connectivity index (χ3v) is 7.74. The van der Waals surface area contributed by atoms with E-state index in [1.165, 1.54) is 0 Å². The van der Waals surface area contributed by atoms with E-state index in [4.69, 9.17) is 9.47 Å². The molecule has 0 aromatic heterocycles. The topological polar surface area (TPSA) is 105 Å². The van der Waals surface area contributed by atoms with E-state index in [0.717, 1.165) is 16.3 Å². The van der Waals surface area contributed by atoms with Crippen LogP contribution in [0.2, 0.25) is 0 Å². The fraction of sp³-hybridized carbons (Fsp3) is 0.394. The van der Waals surface area contributed by atoms with Crippen molar-refractivity contribution in [1.82, 2.24) is 9.80 Å². The van der Waals surface area contributed by atoms with Crippen molar-refractivity contribution in [3.63, 3.8) is 0 Å². The molecule has 2 aliphatic rings. The van der Waals surface area contributed by atoms with Crippen molar-refractivity contribution in [2.24, 2.45) is 5.92 Å². The van der Waals surface area contributed by atoms with E-state index < -0.39 is 29.6 Å². The number of ether oxygens (including phenoxy) is 2. The van der Waals surface area contributed by atoms with Gasteiger partial charge >= 0.3 is 12.1 Å². The van der Waals surface area contributed by atoms with Crippen LogP contribution in [0.15, 0.2) is 72.8 Å². The average molecular weight is 572 g/mol. The molecular formula is C33H37N3O6. The summed E-state index contributed by atoms with van der Waals surface area (Å²) in [7, 11) is 0. The normalized spacial score (nSPS) is 19.8. The van der Waals surface area contributed by atoms with Crippen LogP contribution in [0, 0.1) is 5.92 Å². The van der Waals surface area contributed by atoms with Crippen LogP contribution in [0.25, 0.3) is 10.8 Å². The number of hydrogen-bond acceptors (Lipinski definition) is 6. The average Bonchev–Trinajstić information content (AvgIpc) is 3.56. The molecule has 2 fully saturated rings. The Bertz CT molecular complexity index is 1460. The minimum atomic E-state index is -0.704. The molecule has 0 aliphatic carbocycles. The van der Waals surface area contributed by atoms with Gasteiger partial charge in [0.25, 0.3) is 0 Å². The molecule has 3 aromatic rings. The first-order valence-corrected chi connectivity index (χ1v) is 14.4. The number of benzene rings is 3. The van der Waals surface area contributed by atoms with Crippen LogP contribution in [-0.2, 0) is 30.5 Å². The Labute approximate surface area is 245 Å². The lowest BCUT2D eigenvalue weighted by Crippen LogP contribution is -2.47. The number of nitrogens with zero attached hydrogens (tertiary/aromatic N) is 2. The molecule has 1 N–H and O–H groups in total. The Kier molecular flexibility index (Phi) is 8.47. The minimum Gasteiger partial charge on any atom is -0.461 e. The maximum absolute atomic E-state index is 13.8. The third kappa shape index (κ3) is 6.56. The summed E-state index contributed by atoms with van der Waals surface area (Å²) >= 11 is 0. The van der Waals surface area contributed by atoms with Gasteiger partial charge in [-0.2, -0.15) is 0 Å². The van der Waals surface area contributed by atoms with Crippen LogP contribution >= 0.6 is 0 Å². The number of amides is 3. The summed E-state index contributed by atoms with van der Waals surface area (Å²) in [6.07, 6.45) is -0.0910. The molecule has 2 aliphatic heterocycles. The van der Waals surface area contributed by atoms with Crippen molar-refractivity contribution in [1.29, 1.82) is 0 Å². The van der Waals surface area contributed by atoms with Crippen LogP contribution in [0.4, 0.5) is 10.5 Å². The van der Waals surface area contributed by atoms with Gasteiger partial charge in [0.2, 0.25) is 11.8 Å². The Hall–Kier alpha value is -4.40. The van der Waals surface area contributed by atoms with Gasteiger partial charge in [0.05, 0.1) is 24.4 Å². The first kappa shape index (κ1) is 29.1. The van der Waals surface area contributed by atoms with Crippen LogP contribution in [0.3, 0.4) is 0 Å². The second-order valence-electron chi connectivity index (χ2n) is 11.8. The van der Waals surface area contributed by atoms with Crippen molar-refractivity contribution >= 4 is 40.3 Å². The van der Waals surface area contributed by atoms with E-state index in [0.29, 0.717) is 18.7 Å². The Balaban J connectivity index is 1.30. The molecule has 3 aromatic carbocycles. The van der Waals surface area contributed by atoms with Gasteiger partial charge in [0, 0.05) is 30.6 Å². The largest absolute Gasteiger partial charge is 0.461 e. The SMILES string of the molecule is CC(C)(C)OC(=O)N1CC[C@@H]2[C@H]1[C@@H](C(=O)Nc1cccc3ccccc13)CN2C(=O)CCC(=O)OCc1ccccc1. The lowest BCUT2D eigenvalue weighted by atomic mass is 9.98. The van der Waals surface area contributed by atoms with Gasteiger partial charge in [-0.1, -0.05) is 66.7 Å². The highest BCUT2D eigenvalue weighted by atomic mass is 16.6. The molecule has 2 saturated heterocycles. The molecule has 3 amide bonds. The lowest BCUT2D eigenvalue weighted by molar-refractivity contribution is -0.147. The van der Waals surface area contributed by atoms with Crippen molar-refractivity contribution in [2.45, 2.75) is 64.3 Å². The molecule has 0 spiro atoms. The highest BCUT2D eigenvalue weighted by Gasteiger charge is 2.54. The fourth-order valence-electron chi connectivity index (χ4n) is 5.86. The Morgan fingerprint density at radius 3 is 2.36 bits per heavy atom. The summed E-state index contributed by atoms with van der Waals surface area (Å²) in [5, 5.41) is 4.95. The highest BCUT2D eigenvalue weighted by molar-refractivity contribution is 6.03. The minimum absolute atomic E-state index is 0.0407. The zero-order valence-corrected chi connectivity index (χ0v) is 24.2. The van der Waals surface area contributed by atoms with Crippen LogP contribution in [0.1, 0.15) is 45.6 Å². The number of carbonyl (C=O) groups excluding carboxylic acids is 4. The van der Waals surface area contributed by atoms with E-state index in [2.05, 4.69) is 5.32 Å². The van der Waals surface area contributed by atoms with Crippen LogP contribution in [-0.4, -0.2) is 64.5 Å². The number of anilines is 1. The second-order valence-corrected chi connectivity index (χ2v) is 11.8. The van der Waals surface area contributed by atoms with Crippen LogP contribution < -0.4 is 5.32 Å². The van der Waals surface area contributed by atoms with Crippen LogP contribution in [0.5, 0.6) is 0 Å². The molecule has 9 nitrogen and oxygen atoms in total. The zero-order valence-electron chi connectivity index (χ0n) is 24.2. The standard InChI is InChI=1S/C33H37N3O6/c1-33(2,3)42-32(40)35-19-18-27-30(35)25(31(39)34-26-15-9-13-23-12-7-8-14-24(23)26)20-36(27)28(37)16-17-29(38)41-21-22-10-5-4-6-11-22/h4-15,25,27,30H,16-21H2,1-3H3,(H,34,39)/t25-,27+,30+/m0/s1. The Morgan fingerprint density at radius 2 is 1.60 bits per heavy atom. The van der Waals surface area contributed by atoms with E-state index in [1.807, 2.05) is 72.8 Å². The number of rotatable bonds is 7. The summed E-state index contributed by atoms with van der Waals surface area (Å²) in [4.78, 5) is 56.1. The molecule has 5 rings (SSSR count). The summed E-state index contributed by atoms with van der Waals surface area (Å²) < 4.78 is 11.0. The Morgan fingerprint density at radius 1 is 0.881 bits per heavy atom. The molecule has 0 saturated carbocycles. The molecule has 0 radical (unpaired) electrons. The quantitative estimate of drug-likeness (QED) is 0.394. The molecule has 42 heavy (non-hydrogen) atoms. The molecular weight excluding hydrogens is 534 g/mol. The first-order valence-electron chi connectivity index (χ1n) is 14.4. The van der Waals surface area contributed by atoms with Gasteiger partial charge in [-0.05, 0) is 44.2 Å². The molecule has 0 unspecified atom stereocenters. The van der Waals surface area contributed by atoms with Gasteiger partial charge in [-0.25, -0.2) is 4.79 Å². The number of likely N-dealkylation sites (tertiary alicyclic amines) is 2. The summed E-state index contributed by atoms with van der Waals surface area (Å²) in [6.45, 7) is 6.04. The second kappa shape index (κ2) is 12.2. The van der Waals surface area contributed by atoms with Crippen molar-refractivity contribution < 1.29 is 28.7 Å². The summed E-state index contributed by atoms with van der Waals surface area (Å²) in [6, 6.07) is 21.9.